The summed E-state index contributed by atoms with van der Waals surface area (Å²) in [6.07, 6.45) is 1.57. The molecular formula is C40H57N5O10S2. The lowest BCUT2D eigenvalue weighted by molar-refractivity contribution is -0.158. The number of hydrogen-bond acceptors (Lipinski definition) is 12. The number of nitroso groups, excluding NO2 is 1. The van der Waals surface area contributed by atoms with Crippen LogP contribution in [0.3, 0.4) is 0 Å². The third-order valence-corrected chi connectivity index (χ3v) is 14.3. The van der Waals surface area contributed by atoms with Crippen LogP contribution >= 0.6 is 0 Å². The van der Waals surface area contributed by atoms with E-state index in [2.05, 4.69) is 16.0 Å². The molecule has 0 spiro atoms. The first-order valence-electron chi connectivity index (χ1n) is 19.6. The van der Waals surface area contributed by atoms with E-state index in [0.717, 1.165) is 12.8 Å². The first-order valence-corrected chi connectivity index (χ1v) is 22.4. The monoisotopic (exact) mass is 831 g/mol. The van der Waals surface area contributed by atoms with E-state index in [1.807, 2.05) is 34.6 Å². The summed E-state index contributed by atoms with van der Waals surface area (Å²) in [5.41, 5.74) is 2.13. The Labute approximate surface area is 336 Å². The van der Waals surface area contributed by atoms with Crippen LogP contribution in [-0.4, -0.2) is 82.1 Å². The number of sulfonamides is 2. The SMILES string of the molecule is CCC(C)C(NC(=O)OC(C)(C)C)C(=O)OCONc1c2ccc(S(=O)(=O)N3C[C@H](C)C[C@H](C)C3)cc2c(N=O)c2cc(S(=O)(=O)N3C[C@H](C)C[C@H](C)C3)ccc12. The van der Waals surface area contributed by atoms with E-state index in [0.29, 0.717) is 43.4 Å². The van der Waals surface area contributed by atoms with Crippen molar-refractivity contribution in [1.29, 1.82) is 0 Å². The Bertz CT molecular complexity index is 2070. The number of piperidine rings is 2. The predicted molar refractivity (Wildman–Crippen MR) is 219 cm³/mol. The molecule has 2 aliphatic heterocycles. The Morgan fingerprint density at radius 3 is 1.67 bits per heavy atom. The molecule has 0 radical (unpaired) electrons. The highest BCUT2D eigenvalue weighted by molar-refractivity contribution is 7.89. The molecule has 2 fully saturated rings. The third kappa shape index (κ3) is 10.0. The van der Waals surface area contributed by atoms with Gasteiger partial charge >= 0.3 is 12.1 Å². The number of ether oxygens (including phenoxy) is 2. The van der Waals surface area contributed by atoms with Gasteiger partial charge in [-0.15, -0.1) is 4.91 Å². The van der Waals surface area contributed by atoms with Gasteiger partial charge in [-0.1, -0.05) is 60.1 Å². The molecule has 2 N–H and O–H groups in total. The van der Waals surface area contributed by atoms with Crippen molar-refractivity contribution >= 4 is 65.0 Å². The summed E-state index contributed by atoms with van der Waals surface area (Å²) >= 11 is 0. The molecule has 1 amide bonds. The van der Waals surface area contributed by atoms with Crippen molar-refractivity contribution in [3.8, 4) is 0 Å². The zero-order valence-electron chi connectivity index (χ0n) is 34.3. The van der Waals surface area contributed by atoms with Gasteiger partial charge in [-0.05, 0) is 92.6 Å². The van der Waals surface area contributed by atoms with Crippen LogP contribution in [0.5, 0.6) is 0 Å². The number of hydrogen-bond donors (Lipinski definition) is 2. The molecule has 57 heavy (non-hydrogen) atoms. The largest absolute Gasteiger partial charge is 0.444 e. The third-order valence-electron chi connectivity index (χ3n) is 10.6. The summed E-state index contributed by atoms with van der Waals surface area (Å²) in [5, 5.41) is 6.91. The summed E-state index contributed by atoms with van der Waals surface area (Å²) in [4.78, 5) is 44.1. The maximum absolute atomic E-state index is 14.0. The molecule has 15 nitrogen and oxygen atoms in total. The Hall–Kier alpha value is -3.90. The fourth-order valence-corrected chi connectivity index (χ4v) is 11.4. The summed E-state index contributed by atoms with van der Waals surface area (Å²) in [5.74, 6) is -0.453. The van der Waals surface area contributed by atoms with Crippen molar-refractivity contribution in [2.24, 2.45) is 34.8 Å². The van der Waals surface area contributed by atoms with E-state index in [1.54, 1.807) is 27.7 Å². The molecule has 0 aromatic heterocycles. The summed E-state index contributed by atoms with van der Waals surface area (Å²) in [7, 11) is -7.99. The van der Waals surface area contributed by atoms with Crippen molar-refractivity contribution < 1.29 is 40.7 Å². The van der Waals surface area contributed by atoms with Gasteiger partial charge in [0, 0.05) is 47.7 Å². The molecule has 314 valence electrons. The average Bonchev–Trinajstić information content (AvgIpc) is 3.12. The second-order valence-corrected chi connectivity index (χ2v) is 21.0. The smallest absolute Gasteiger partial charge is 0.408 e. The number of anilines is 1. The van der Waals surface area contributed by atoms with Crippen molar-refractivity contribution in [2.45, 2.75) is 103 Å². The maximum atomic E-state index is 14.0. The zero-order valence-corrected chi connectivity index (χ0v) is 36.0. The Balaban J connectivity index is 1.54. The van der Waals surface area contributed by atoms with Crippen LogP contribution in [0.15, 0.2) is 51.4 Å². The van der Waals surface area contributed by atoms with Gasteiger partial charge in [-0.3, -0.25) is 5.48 Å². The van der Waals surface area contributed by atoms with Crippen molar-refractivity contribution in [3.05, 3.63) is 41.3 Å². The number of benzene rings is 3. The topological polar surface area (TPSA) is 190 Å². The van der Waals surface area contributed by atoms with E-state index in [-0.39, 0.29) is 61.5 Å². The molecule has 2 aliphatic rings. The quantitative estimate of drug-likeness (QED) is 0.0433. The lowest BCUT2D eigenvalue weighted by Crippen LogP contribution is -2.47. The fourth-order valence-electron chi connectivity index (χ4n) is 7.98. The van der Waals surface area contributed by atoms with E-state index in [9.17, 15) is 31.3 Å². The highest BCUT2D eigenvalue weighted by Gasteiger charge is 2.35. The van der Waals surface area contributed by atoms with Gasteiger partial charge in [0.2, 0.25) is 26.8 Å². The molecule has 17 heteroatoms. The zero-order chi connectivity index (χ0) is 42.0. The van der Waals surface area contributed by atoms with Crippen LogP contribution in [0.4, 0.5) is 16.2 Å². The number of nitrogens with one attached hydrogen (secondary N) is 2. The molecule has 0 aliphatic carbocycles. The number of esters is 1. The van der Waals surface area contributed by atoms with Crippen LogP contribution in [-0.2, 0) is 39.2 Å². The van der Waals surface area contributed by atoms with Crippen LogP contribution in [0.25, 0.3) is 21.5 Å². The lowest BCUT2D eigenvalue weighted by atomic mass is 9.94. The van der Waals surface area contributed by atoms with Crippen LogP contribution in [0.2, 0.25) is 0 Å². The molecule has 0 bridgehead atoms. The number of fused-ring (bicyclic) bond motifs is 2. The van der Waals surface area contributed by atoms with Gasteiger partial charge in [0.1, 0.15) is 17.3 Å². The van der Waals surface area contributed by atoms with Gasteiger partial charge in [-0.2, -0.15) is 8.61 Å². The number of nitrogens with zero attached hydrogens (tertiary/aromatic N) is 3. The van der Waals surface area contributed by atoms with Crippen LogP contribution in [0, 0.1) is 34.5 Å². The van der Waals surface area contributed by atoms with Gasteiger partial charge < -0.3 is 14.8 Å². The highest BCUT2D eigenvalue weighted by atomic mass is 32.2. The predicted octanol–water partition coefficient (Wildman–Crippen LogP) is 7.51. The van der Waals surface area contributed by atoms with Crippen LogP contribution in [0.1, 0.15) is 81.6 Å². The van der Waals surface area contributed by atoms with E-state index in [4.69, 9.17) is 14.3 Å². The number of carbonyl (C=O) groups excluding carboxylic acids is 2. The van der Waals surface area contributed by atoms with E-state index < -0.39 is 50.5 Å². The highest BCUT2D eigenvalue weighted by Crippen LogP contribution is 2.44. The minimum atomic E-state index is -3.99. The van der Waals surface area contributed by atoms with Gasteiger partial charge in [0.05, 0.1) is 15.5 Å². The van der Waals surface area contributed by atoms with Crippen molar-refractivity contribution in [3.63, 3.8) is 0 Å². The number of amides is 1. The normalized spacial score (nSPS) is 22.5. The molecule has 2 saturated heterocycles. The molecule has 6 atom stereocenters. The molecular weight excluding hydrogens is 775 g/mol. The number of alkyl carbamates (subject to hydrolysis) is 1. The minimum absolute atomic E-state index is 0.0463. The summed E-state index contributed by atoms with van der Waals surface area (Å²) < 4.78 is 69.8. The van der Waals surface area contributed by atoms with Gasteiger partial charge in [-0.25, -0.2) is 31.3 Å². The first kappa shape index (κ1) is 44.2. The minimum Gasteiger partial charge on any atom is -0.444 e. The van der Waals surface area contributed by atoms with E-state index >= 15 is 0 Å². The maximum Gasteiger partial charge on any atom is 0.408 e. The summed E-state index contributed by atoms with van der Waals surface area (Å²) in [6.45, 7) is 17.6. The molecule has 2 heterocycles. The number of rotatable bonds is 13. The lowest BCUT2D eigenvalue weighted by Gasteiger charge is -2.34. The van der Waals surface area contributed by atoms with E-state index in [1.165, 1.54) is 45.0 Å². The Kier molecular flexibility index (Phi) is 13.6. The Morgan fingerprint density at radius 2 is 1.26 bits per heavy atom. The van der Waals surface area contributed by atoms with Crippen LogP contribution < -0.4 is 10.8 Å². The summed E-state index contributed by atoms with van der Waals surface area (Å²) in [6, 6.07) is 7.69. The molecule has 0 saturated carbocycles. The standard InChI is InChI=1S/C40H57N5O10S2/c1-10-28(6)35(41-39(47)55-40(7,8)9)38(46)53-23-54-43-37-31-13-11-29(56(49,50)44-19-24(2)15-25(3)20-44)17-33(31)36(42-48)34-18-30(12-14-32(34)37)57(51,52)45-21-26(4)16-27(5)22-45/h11-14,17-18,24-28,35,43H,10,15-16,19-23H2,1-9H3,(H,41,47)/t24-,25+,26-,27+,28?,35?. The number of carbonyl (C=O) groups is 2. The molecule has 3 aromatic rings. The second kappa shape index (κ2) is 17.5. The molecule has 3 aromatic carbocycles. The molecule has 2 unspecified atom stereocenters. The van der Waals surface area contributed by atoms with Crippen molar-refractivity contribution in [2.75, 3.05) is 38.5 Å². The van der Waals surface area contributed by atoms with Gasteiger partial charge in [0.25, 0.3) is 0 Å². The molecule has 5 rings (SSSR count). The second-order valence-electron chi connectivity index (χ2n) is 17.1. The first-order chi connectivity index (χ1) is 26.7. The van der Waals surface area contributed by atoms with Crippen molar-refractivity contribution in [1.82, 2.24) is 13.9 Å². The van der Waals surface area contributed by atoms with Gasteiger partial charge in [0.15, 0.2) is 0 Å². The Morgan fingerprint density at radius 1 is 0.807 bits per heavy atom. The average molecular weight is 832 g/mol. The fraction of sp³-hybridized carbons (Fsp3) is 0.600.